The Morgan fingerprint density at radius 1 is 0.708 bits per heavy atom. The molecule has 0 unspecified atom stereocenters. The van der Waals surface area contributed by atoms with Gasteiger partial charge in [-0.2, -0.15) is 0 Å². The van der Waals surface area contributed by atoms with Gasteiger partial charge in [-0.15, -0.1) is 0 Å². The number of rotatable bonds is 2. The second kappa shape index (κ2) is 5.27. The molecular formula is C20H13F2NO. The van der Waals surface area contributed by atoms with Crippen LogP contribution in [0.2, 0.25) is 0 Å². The van der Waals surface area contributed by atoms with Crippen LogP contribution in [0.15, 0.2) is 72.8 Å². The number of carbonyl (C=O) groups is 1. The van der Waals surface area contributed by atoms with Gasteiger partial charge in [-0.3, -0.25) is 4.79 Å². The van der Waals surface area contributed by atoms with E-state index in [1.165, 1.54) is 24.3 Å². The molecule has 3 aromatic carbocycles. The summed E-state index contributed by atoms with van der Waals surface area (Å²) in [6.07, 6.45) is 0. The highest BCUT2D eigenvalue weighted by molar-refractivity contribution is 6.11. The molecule has 0 radical (unpaired) electrons. The van der Waals surface area contributed by atoms with Crippen molar-refractivity contribution in [2.45, 2.75) is 5.41 Å². The molecule has 2 nitrogen and oxygen atoms in total. The fourth-order valence-corrected chi connectivity index (χ4v) is 3.40. The van der Waals surface area contributed by atoms with Crippen LogP contribution in [-0.2, 0) is 10.2 Å². The highest BCUT2D eigenvalue weighted by Crippen LogP contribution is 2.47. The fraction of sp³-hybridized carbons (Fsp3) is 0.0500. The van der Waals surface area contributed by atoms with Crippen molar-refractivity contribution in [3.05, 3.63) is 101 Å². The maximum absolute atomic E-state index is 13.4. The number of carbonyl (C=O) groups excluding carboxylic acids is 1. The van der Waals surface area contributed by atoms with Crippen molar-refractivity contribution in [3.8, 4) is 0 Å². The molecule has 4 rings (SSSR count). The Hall–Kier alpha value is -3.01. The lowest BCUT2D eigenvalue weighted by Gasteiger charge is -2.29. The summed E-state index contributed by atoms with van der Waals surface area (Å²) in [7, 11) is 0. The van der Waals surface area contributed by atoms with Gasteiger partial charge in [-0.25, -0.2) is 8.78 Å². The minimum Gasteiger partial charge on any atom is -0.324 e. The number of fused-ring (bicyclic) bond motifs is 1. The van der Waals surface area contributed by atoms with Crippen LogP contribution in [0.4, 0.5) is 14.5 Å². The summed E-state index contributed by atoms with van der Waals surface area (Å²) in [5.41, 5.74) is 1.62. The monoisotopic (exact) mass is 321 g/mol. The lowest BCUT2D eigenvalue weighted by molar-refractivity contribution is -0.118. The second-order valence-corrected chi connectivity index (χ2v) is 5.76. The summed E-state index contributed by atoms with van der Waals surface area (Å²) >= 11 is 0. The Morgan fingerprint density at radius 3 is 1.75 bits per heavy atom. The predicted octanol–water partition coefficient (Wildman–Crippen LogP) is 4.25. The van der Waals surface area contributed by atoms with E-state index in [0.717, 1.165) is 5.56 Å². The lowest BCUT2D eigenvalue weighted by atomic mass is 9.70. The largest absolute Gasteiger partial charge is 0.324 e. The quantitative estimate of drug-likeness (QED) is 0.751. The van der Waals surface area contributed by atoms with E-state index in [2.05, 4.69) is 5.32 Å². The van der Waals surface area contributed by atoms with Crippen LogP contribution in [0.5, 0.6) is 0 Å². The van der Waals surface area contributed by atoms with Gasteiger partial charge in [0, 0.05) is 11.3 Å². The molecule has 4 heteroatoms. The minimum absolute atomic E-state index is 0.234. The summed E-state index contributed by atoms with van der Waals surface area (Å²) in [5, 5.41) is 2.89. The van der Waals surface area contributed by atoms with Gasteiger partial charge >= 0.3 is 0 Å². The number of hydrogen-bond donors (Lipinski definition) is 1. The molecule has 3 aromatic rings. The molecule has 0 aliphatic carbocycles. The molecule has 1 aliphatic heterocycles. The van der Waals surface area contributed by atoms with Crippen molar-refractivity contribution in [2.24, 2.45) is 0 Å². The summed E-state index contributed by atoms with van der Waals surface area (Å²) in [6, 6.07) is 19.1. The predicted molar refractivity (Wildman–Crippen MR) is 87.8 cm³/mol. The van der Waals surface area contributed by atoms with E-state index in [1.807, 2.05) is 24.3 Å². The number of hydrogen-bond acceptors (Lipinski definition) is 1. The first-order valence-corrected chi connectivity index (χ1v) is 7.55. The average Bonchev–Trinajstić information content (AvgIpc) is 2.89. The van der Waals surface area contributed by atoms with Gasteiger partial charge in [-0.1, -0.05) is 42.5 Å². The highest BCUT2D eigenvalue weighted by atomic mass is 19.1. The number of benzene rings is 3. The summed E-state index contributed by atoms with van der Waals surface area (Å²) in [5.74, 6) is -0.985. The number of para-hydroxylation sites is 1. The molecule has 0 bridgehead atoms. The van der Waals surface area contributed by atoms with E-state index < -0.39 is 5.41 Å². The molecule has 0 fully saturated rings. The third kappa shape index (κ3) is 1.96. The van der Waals surface area contributed by atoms with Gasteiger partial charge in [0.25, 0.3) is 0 Å². The first-order valence-electron chi connectivity index (χ1n) is 7.55. The second-order valence-electron chi connectivity index (χ2n) is 5.76. The minimum atomic E-state index is -1.13. The van der Waals surface area contributed by atoms with Crippen LogP contribution in [0.1, 0.15) is 16.7 Å². The summed E-state index contributed by atoms with van der Waals surface area (Å²) < 4.78 is 26.8. The normalized spacial score (nSPS) is 15.0. The number of nitrogens with one attached hydrogen (secondary N) is 1. The molecule has 1 N–H and O–H groups in total. The number of halogens is 2. The van der Waals surface area contributed by atoms with Crippen LogP contribution in [0, 0.1) is 11.6 Å². The average molecular weight is 321 g/mol. The van der Waals surface area contributed by atoms with E-state index in [1.54, 1.807) is 24.3 Å². The molecular weight excluding hydrogens is 308 g/mol. The van der Waals surface area contributed by atoms with Gasteiger partial charge in [0.2, 0.25) is 5.91 Å². The Labute approximate surface area is 137 Å². The van der Waals surface area contributed by atoms with Gasteiger partial charge in [-0.05, 0) is 41.5 Å². The van der Waals surface area contributed by atoms with Crippen molar-refractivity contribution in [3.63, 3.8) is 0 Å². The molecule has 118 valence electrons. The third-order valence-electron chi connectivity index (χ3n) is 4.47. The van der Waals surface area contributed by atoms with E-state index in [0.29, 0.717) is 16.8 Å². The van der Waals surface area contributed by atoms with Crippen molar-refractivity contribution in [2.75, 3.05) is 5.32 Å². The van der Waals surface area contributed by atoms with Crippen LogP contribution in [0.25, 0.3) is 0 Å². The SMILES string of the molecule is O=C1Nc2ccccc2C1(c1ccc(F)cc1)c1ccc(F)cc1. The zero-order chi connectivity index (χ0) is 16.7. The topological polar surface area (TPSA) is 29.1 Å². The van der Waals surface area contributed by atoms with Crippen molar-refractivity contribution in [1.29, 1.82) is 0 Å². The summed E-state index contributed by atoms with van der Waals surface area (Å²) in [6.45, 7) is 0. The van der Waals surface area contributed by atoms with E-state index in [9.17, 15) is 13.6 Å². The van der Waals surface area contributed by atoms with Crippen LogP contribution in [-0.4, -0.2) is 5.91 Å². The maximum Gasteiger partial charge on any atom is 0.244 e. The maximum atomic E-state index is 13.4. The van der Waals surface area contributed by atoms with Crippen LogP contribution in [0.3, 0.4) is 0 Å². The van der Waals surface area contributed by atoms with Gasteiger partial charge in [0.1, 0.15) is 17.0 Å². The summed E-state index contributed by atoms with van der Waals surface area (Å²) in [4.78, 5) is 13.0. The number of amides is 1. The van der Waals surface area contributed by atoms with Crippen LogP contribution >= 0.6 is 0 Å². The molecule has 1 aliphatic rings. The Balaban J connectivity index is 2.06. The van der Waals surface area contributed by atoms with E-state index in [-0.39, 0.29) is 17.5 Å². The molecule has 0 saturated heterocycles. The van der Waals surface area contributed by atoms with Crippen LogP contribution < -0.4 is 5.32 Å². The molecule has 0 atom stereocenters. The molecule has 1 heterocycles. The molecule has 0 saturated carbocycles. The lowest BCUT2D eigenvalue weighted by Crippen LogP contribution is -2.37. The Morgan fingerprint density at radius 2 is 1.21 bits per heavy atom. The molecule has 1 amide bonds. The highest BCUT2D eigenvalue weighted by Gasteiger charge is 2.49. The van der Waals surface area contributed by atoms with E-state index in [4.69, 9.17) is 0 Å². The Bertz CT molecular complexity index is 872. The van der Waals surface area contributed by atoms with Crippen molar-refractivity contribution in [1.82, 2.24) is 0 Å². The zero-order valence-corrected chi connectivity index (χ0v) is 12.6. The van der Waals surface area contributed by atoms with Gasteiger partial charge < -0.3 is 5.32 Å². The Kier molecular flexibility index (Phi) is 3.20. The third-order valence-corrected chi connectivity index (χ3v) is 4.47. The molecule has 24 heavy (non-hydrogen) atoms. The molecule has 0 spiro atoms. The van der Waals surface area contributed by atoms with Crippen molar-refractivity contribution >= 4 is 11.6 Å². The standard InChI is InChI=1S/C20H13F2NO/c21-15-9-5-13(6-10-15)20(14-7-11-16(22)12-8-14)17-3-1-2-4-18(17)23-19(20)24/h1-12H,(H,23,24). The molecule has 0 aromatic heterocycles. The first kappa shape index (κ1) is 14.6. The number of anilines is 1. The van der Waals surface area contributed by atoms with Gasteiger partial charge in [0.15, 0.2) is 0 Å². The van der Waals surface area contributed by atoms with Crippen molar-refractivity contribution < 1.29 is 13.6 Å². The first-order chi connectivity index (χ1) is 11.6. The smallest absolute Gasteiger partial charge is 0.244 e. The zero-order valence-electron chi connectivity index (χ0n) is 12.6. The van der Waals surface area contributed by atoms with E-state index >= 15 is 0 Å². The fourth-order valence-electron chi connectivity index (χ4n) is 3.40. The van der Waals surface area contributed by atoms with Gasteiger partial charge in [0.05, 0.1) is 0 Å².